The molecule has 2 aromatic carbocycles. The molecule has 0 saturated heterocycles. The zero-order valence-corrected chi connectivity index (χ0v) is 19.9. The van der Waals surface area contributed by atoms with Crippen LogP contribution in [0.2, 0.25) is 0 Å². The average Bonchev–Trinajstić information content (AvgIpc) is 2.79. The lowest BCUT2D eigenvalue weighted by Gasteiger charge is -2.14. The molecule has 34 heavy (non-hydrogen) atoms. The maximum atomic E-state index is 12.9. The number of aryl methyl sites for hydroxylation is 1. The summed E-state index contributed by atoms with van der Waals surface area (Å²) in [6, 6.07) is 14.0. The molecular formula is C25H26F2N2O4S. The van der Waals surface area contributed by atoms with Gasteiger partial charge in [0.1, 0.15) is 35.0 Å². The van der Waals surface area contributed by atoms with Gasteiger partial charge in [-0.05, 0) is 49.2 Å². The Morgan fingerprint density at radius 1 is 1.15 bits per heavy atom. The van der Waals surface area contributed by atoms with Crippen LogP contribution in [-0.2, 0) is 16.0 Å². The van der Waals surface area contributed by atoms with Gasteiger partial charge >= 0.3 is 5.97 Å². The molecule has 0 amide bonds. The number of carbonyl (C=O) groups excluding carboxylic acids is 1. The Kier molecular flexibility index (Phi) is 10.3. The highest BCUT2D eigenvalue weighted by Crippen LogP contribution is 2.27. The van der Waals surface area contributed by atoms with Crippen LogP contribution in [0.1, 0.15) is 23.7 Å². The number of nitrogens with zero attached hydrogens (tertiary/aromatic N) is 1. The van der Waals surface area contributed by atoms with Crippen LogP contribution in [0.5, 0.6) is 11.5 Å². The van der Waals surface area contributed by atoms with Gasteiger partial charge in [0, 0.05) is 18.7 Å². The van der Waals surface area contributed by atoms with Crippen molar-refractivity contribution >= 4 is 23.2 Å². The number of rotatable bonds is 7. The summed E-state index contributed by atoms with van der Waals surface area (Å²) in [6.07, 6.45) is 1.52. The lowest BCUT2D eigenvalue weighted by Crippen LogP contribution is -2.32. The molecule has 0 aliphatic carbocycles. The fraction of sp³-hybridized carbons (Fsp3) is 0.240. The second kappa shape index (κ2) is 13.2. The molecule has 0 aliphatic heterocycles. The molecule has 6 nitrogen and oxygen atoms in total. The van der Waals surface area contributed by atoms with Gasteiger partial charge in [-0.2, -0.15) is 0 Å². The van der Waals surface area contributed by atoms with E-state index in [2.05, 4.69) is 10.3 Å². The quantitative estimate of drug-likeness (QED) is 0.374. The van der Waals surface area contributed by atoms with Crippen molar-refractivity contribution in [1.29, 1.82) is 0 Å². The van der Waals surface area contributed by atoms with Crippen molar-refractivity contribution in [3.63, 3.8) is 0 Å². The summed E-state index contributed by atoms with van der Waals surface area (Å²) < 4.78 is 35.3. The molecule has 180 valence electrons. The van der Waals surface area contributed by atoms with E-state index < -0.39 is 5.97 Å². The van der Waals surface area contributed by atoms with E-state index in [0.29, 0.717) is 6.42 Å². The minimum Gasteiger partial charge on any atom is -0.503 e. The molecule has 0 bridgehead atoms. The van der Waals surface area contributed by atoms with E-state index in [0.717, 1.165) is 11.1 Å². The Morgan fingerprint density at radius 3 is 2.44 bits per heavy atom. The Labute approximate surface area is 202 Å². The van der Waals surface area contributed by atoms with Crippen molar-refractivity contribution < 1.29 is 28.2 Å². The van der Waals surface area contributed by atoms with Gasteiger partial charge in [0.15, 0.2) is 11.5 Å². The molecule has 3 rings (SSSR count). The number of hydrogen-bond donors (Lipinski definition) is 2. The van der Waals surface area contributed by atoms with Gasteiger partial charge in [-0.15, -0.1) is 0 Å². The maximum absolute atomic E-state index is 12.9. The number of halogens is 2. The molecule has 1 unspecified atom stereocenters. The van der Waals surface area contributed by atoms with Crippen LogP contribution in [-0.4, -0.2) is 40.8 Å². The van der Waals surface area contributed by atoms with Gasteiger partial charge in [0.2, 0.25) is 0 Å². The molecule has 1 aromatic heterocycles. The Balaban J connectivity index is 0.000000430. The van der Waals surface area contributed by atoms with Crippen LogP contribution >= 0.6 is 12.2 Å². The first kappa shape index (κ1) is 26.7. The number of hydrogen-bond acceptors (Lipinski definition) is 6. The van der Waals surface area contributed by atoms with Crippen LogP contribution in [0.4, 0.5) is 8.78 Å². The van der Waals surface area contributed by atoms with E-state index in [-0.39, 0.29) is 46.5 Å². The minimum absolute atomic E-state index is 0.101. The second-order valence-electron chi connectivity index (χ2n) is 7.32. The molecule has 0 radical (unpaired) electrons. The Bertz CT molecular complexity index is 1090. The van der Waals surface area contributed by atoms with E-state index >= 15 is 0 Å². The first-order valence-electron chi connectivity index (χ1n) is 10.4. The lowest BCUT2D eigenvalue weighted by atomic mass is 10.1. The number of thiocarbonyl (C=S) groups is 1. The van der Waals surface area contributed by atoms with E-state index in [1.807, 2.05) is 13.0 Å². The Morgan fingerprint density at radius 2 is 1.85 bits per heavy atom. The van der Waals surface area contributed by atoms with Crippen LogP contribution < -0.4 is 10.1 Å². The summed E-state index contributed by atoms with van der Waals surface area (Å²) >= 11 is 5.13. The van der Waals surface area contributed by atoms with Crippen LogP contribution in [0.15, 0.2) is 60.8 Å². The number of methoxy groups -OCH3 is 1. The predicted molar refractivity (Wildman–Crippen MR) is 129 cm³/mol. The number of aromatic hydroxyl groups is 1. The van der Waals surface area contributed by atoms with Crippen LogP contribution in [0, 0.1) is 18.6 Å². The Hall–Kier alpha value is -3.59. The number of ether oxygens (including phenoxy) is 2. The van der Waals surface area contributed by atoms with Crippen molar-refractivity contribution in [1.82, 2.24) is 10.3 Å². The predicted octanol–water partition coefficient (Wildman–Crippen LogP) is 4.51. The van der Waals surface area contributed by atoms with Gasteiger partial charge < -0.3 is 19.9 Å². The molecule has 0 fully saturated rings. The topological polar surface area (TPSA) is 80.7 Å². The standard InChI is InChI=1S/C18H19FN2O4S.C7H7F/c1-11(9-12-3-5-13(19)6-4-12)25-15(22)10-21-18(26)16-17(23)14(24-2)7-8-20-16;1-6-3-2-4-7(8)5-6/h3-8,11,23H,9-10H2,1-2H3,(H,21,26);2-5H,1H3. The number of esters is 1. The third-order valence-corrected chi connectivity index (χ3v) is 4.80. The molecule has 9 heteroatoms. The largest absolute Gasteiger partial charge is 0.503 e. The number of benzene rings is 2. The van der Waals surface area contributed by atoms with Crippen LogP contribution in [0.25, 0.3) is 0 Å². The van der Waals surface area contributed by atoms with E-state index in [9.17, 15) is 18.7 Å². The van der Waals surface area contributed by atoms with Crippen LogP contribution in [0.3, 0.4) is 0 Å². The van der Waals surface area contributed by atoms with Crippen molar-refractivity contribution in [3.05, 3.63) is 89.2 Å². The highest BCUT2D eigenvalue weighted by Gasteiger charge is 2.16. The molecule has 1 heterocycles. The van der Waals surface area contributed by atoms with E-state index in [4.69, 9.17) is 21.7 Å². The molecule has 2 N–H and O–H groups in total. The summed E-state index contributed by atoms with van der Waals surface area (Å²) in [5.41, 5.74) is 1.94. The smallest absolute Gasteiger partial charge is 0.325 e. The van der Waals surface area contributed by atoms with Crippen molar-refractivity contribution in [2.24, 2.45) is 0 Å². The number of nitrogens with one attached hydrogen (secondary N) is 1. The van der Waals surface area contributed by atoms with Gasteiger partial charge in [-0.1, -0.05) is 36.5 Å². The number of pyridine rings is 1. The lowest BCUT2D eigenvalue weighted by molar-refractivity contribution is -0.146. The van der Waals surface area contributed by atoms with E-state index in [1.54, 1.807) is 25.1 Å². The van der Waals surface area contributed by atoms with Crippen molar-refractivity contribution in [2.75, 3.05) is 13.7 Å². The highest BCUT2D eigenvalue weighted by molar-refractivity contribution is 7.80. The number of carbonyl (C=O) groups is 1. The molecule has 0 aliphatic rings. The monoisotopic (exact) mass is 488 g/mol. The summed E-state index contributed by atoms with van der Waals surface area (Å²) in [5, 5.41) is 12.7. The highest BCUT2D eigenvalue weighted by atomic mass is 32.1. The zero-order chi connectivity index (χ0) is 25.1. The van der Waals surface area contributed by atoms with Gasteiger partial charge in [0.05, 0.1) is 7.11 Å². The molecule has 0 saturated carbocycles. The summed E-state index contributed by atoms with van der Waals surface area (Å²) in [6.45, 7) is 3.43. The molecule has 0 spiro atoms. The van der Waals surface area contributed by atoms with Crippen molar-refractivity contribution in [3.8, 4) is 11.5 Å². The fourth-order valence-electron chi connectivity index (χ4n) is 2.87. The minimum atomic E-state index is -0.510. The van der Waals surface area contributed by atoms with E-state index in [1.165, 1.54) is 43.6 Å². The first-order chi connectivity index (χ1) is 16.2. The maximum Gasteiger partial charge on any atom is 0.325 e. The zero-order valence-electron chi connectivity index (χ0n) is 19.0. The fourth-order valence-corrected chi connectivity index (χ4v) is 3.09. The summed E-state index contributed by atoms with van der Waals surface area (Å²) in [4.78, 5) is 16.0. The second-order valence-corrected chi connectivity index (χ2v) is 7.73. The third kappa shape index (κ3) is 8.74. The first-order valence-corrected chi connectivity index (χ1v) is 10.8. The molecular weight excluding hydrogens is 462 g/mol. The third-order valence-electron chi connectivity index (χ3n) is 4.46. The average molecular weight is 489 g/mol. The number of aromatic nitrogens is 1. The molecule has 1 atom stereocenters. The SMILES string of the molecule is COc1ccnc(C(=S)NCC(=O)OC(C)Cc2ccc(F)cc2)c1O.Cc1cccc(F)c1. The van der Waals surface area contributed by atoms with Crippen molar-refractivity contribution in [2.45, 2.75) is 26.4 Å². The normalized spacial score (nSPS) is 11.0. The summed E-state index contributed by atoms with van der Waals surface area (Å²) in [7, 11) is 1.41. The van der Waals surface area contributed by atoms with Gasteiger partial charge in [-0.25, -0.2) is 13.8 Å². The van der Waals surface area contributed by atoms with Gasteiger partial charge in [0.25, 0.3) is 0 Å². The molecule has 3 aromatic rings. The van der Waals surface area contributed by atoms with Gasteiger partial charge in [-0.3, -0.25) is 4.79 Å². The summed E-state index contributed by atoms with van der Waals surface area (Å²) in [5.74, 6) is -0.958.